The number of carbonyl (C=O) groups excluding carboxylic acids is 1. The van der Waals surface area contributed by atoms with Crippen LogP contribution in [-0.2, 0) is 0 Å². The highest BCUT2D eigenvalue weighted by atomic mass is 35.5. The first-order valence-corrected chi connectivity index (χ1v) is 9.27. The van der Waals surface area contributed by atoms with Crippen molar-refractivity contribution in [2.45, 2.75) is 26.2 Å². The van der Waals surface area contributed by atoms with E-state index in [1.54, 1.807) is 0 Å². The summed E-state index contributed by atoms with van der Waals surface area (Å²) in [5.41, 5.74) is 2.84. The zero-order chi connectivity index (χ0) is 17.6. The predicted octanol–water partition coefficient (Wildman–Crippen LogP) is 5.39. The third-order valence-corrected chi connectivity index (χ3v) is 5.01. The number of carbonyl (C=O) groups is 1. The highest BCUT2D eigenvalue weighted by molar-refractivity contribution is 8.13. The Labute approximate surface area is 156 Å². The molecule has 0 atom stereocenters. The van der Waals surface area contributed by atoms with Gasteiger partial charge in [0, 0.05) is 22.6 Å². The molecule has 1 heterocycles. The SMILES string of the molecule is CCC1=CCC=C(Cl)C(C2=NSC(C3=CC=CC=CC3)=NC(=O)N2)=C1. The average molecular weight is 372 g/mol. The highest BCUT2D eigenvalue weighted by Gasteiger charge is 2.21. The Bertz CT molecular complexity index is 826. The van der Waals surface area contributed by atoms with Gasteiger partial charge in [-0.15, -0.1) is 0 Å². The zero-order valence-corrected chi connectivity index (χ0v) is 15.4. The van der Waals surface area contributed by atoms with Crippen LogP contribution in [0.4, 0.5) is 4.79 Å². The van der Waals surface area contributed by atoms with Crippen LogP contribution in [0.5, 0.6) is 0 Å². The summed E-state index contributed by atoms with van der Waals surface area (Å²) < 4.78 is 4.51. The Balaban J connectivity index is 1.90. The van der Waals surface area contributed by atoms with Gasteiger partial charge in [0.2, 0.25) is 0 Å². The molecule has 6 heteroatoms. The van der Waals surface area contributed by atoms with Gasteiger partial charge in [-0.1, -0.05) is 66.6 Å². The van der Waals surface area contributed by atoms with Crippen molar-refractivity contribution in [3.8, 4) is 0 Å². The summed E-state index contributed by atoms with van der Waals surface area (Å²) in [6, 6.07) is -0.437. The van der Waals surface area contributed by atoms with E-state index in [0.29, 0.717) is 22.3 Å². The maximum absolute atomic E-state index is 12.3. The van der Waals surface area contributed by atoms with Gasteiger partial charge in [0.1, 0.15) is 5.04 Å². The first-order valence-electron chi connectivity index (χ1n) is 8.12. The van der Waals surface area contributed by atoms with E-state index in [4.69, 9.17) is 11.6 Å². The molecule has 25 heavy (non-hydrogen) atoms. The van der Waals surface area contributed by atoms with E-state index in [2.05, 4.69) is 27.7 Å². The van der Waals surface area contributed by atoms with Crippen LogP contribution >= 0.6 is 23.5 Å². The normalized spacial score (nSPS) is 20.8. The molecule has 0 spiro atoms. The van der Waals surface area contributed by atoms with Gasteiger partial charge in [-0.05, 0) is 30.9 Å². The van der Waals surface area contributed by atoms with Crippen LogP contribution in [0.15, 0.2) is 79.7 Å². The van der Waals surface area contributed by atoms with Gasteiger partial charge in [-0.25, -0.2) is 4.79 Å². The number of urea groups is 1. The second-order valence-corrected chi connectivity index (χ2v) is 6.72. The fourth-order valence-electron chi connectivity index (χ4n) is 2.50. The molecule has 2 aliphatic carbocycles. The lowest BCUT2D eigenvalue weighted by atomic mass is 10.1. The molecule has 0 radical (unpaired) electrons. The van der Waals surface area contributed by atoms with E-state index in [-0.39, 0.29) is 0 Å². The van der Waals surface area contributed by atoms with Gasteiger partial charge in [0.25, 0.3) is 0 Å². The minimum Gasteiger partial charge on any atom is -0.289 e. The van der Waals surface area contributed by atoms with Crippen molar-refractivity contribution in [2.24, 2.45) is 9.39 Å². The molecule has 2 amide bonds. The smallest absolute Gasteiger partial charge is 0.289 e. The number of aliphatic imine (C=N–C) groups is 1. The molecule has 0 aromatic heterocycles. The molecule has 0 saturated heterocycles. The van der Waals surface area contributed by atoms with Crippen molar-refractivity contribution in [3.05, 3.63) is 70.4 Å². The minimum absolute atomic E-state index is 0.437. The third-order valence-electron chi connectivity index (χ3n) is 3.85. The monoisotopic (exact) mass is 371 g/mol. The van der Waals surface area contributed by atoms with Crippen molar-refractivity contribution < 1.29 is 4.79 Å². The minimum atomic E-state index is -0.437. The first kappa shape index (κ1) is 17.7. The molecule has 0 aromatic rings. The molecule has 0 fully saturated rings. The van der Waals surface area contributed by atoms with E-state index in [1.807, 2.05) is 42.5 Å². The van der Waals surface area contributed by atoms with E-state index >= 15 is 0 Å². The summed E-state index contributed by atoms with van der Waals surface area (Å²) in [4.78, 5) is 16.4. The maximum Gasteiger partial charge on any atom is 0.347 e. The number of hydrogen-bond acceptors (Lipinski definition) is 3. The Morgan fingerprint density at radius 2 is 2.16 bits per heavy atom. The van der Waals surface area contributed by atoms with Gasteiger partial charge in [-0.3, -0.25) is 5.32 Å². The number of halogens is 1. The van der Waals surface area contributed by atoms with E-state index in [9.17, 15) is 4.79 Å². The molecular weight excluding hydrogens is 354 g/mol. The molecule has 3 aliphatic rings. The summed E-state index contributed by atoms with van der Waals surface area (Å²) in [6.45, 7) is 2.09. The summed E-state index contributed by atoms with van der Waals surface area (Å²) in [5, 5.41) is 3.94. The maximum atomic E-state index is 12.3. The van der Waals surface area contributed by atoms with Crippen molar-refractivity contribution in [2.75, 3.05) is 0 Å². The van der Waals surface area contributed by atoms with Crippen LogP contribution < -0.4 is 5.32 Å². The van der Waals surface area contributed by atoms with Crippen LogP contribution in [0.1, 0.15) is 26.2 Å². The van der Waals surface area contributed by atoms with Gasteiger partial charge < -0.3 is 0 Å². The number of allylic oxidation sites excluding steroid dienone is 9. The fourth-order valence-corrected chi connectivity index (χ4v) is 3.45. The van der Waals surface area contributed by atoms with Crippen LogP contribution in [0.2, 0.25) is 0 Å². The molecule has 1 N–H and O–H groups in total. The molecular formula is C19H18ClN3OS. The van der Waals surface area contributed by atoms with E-state index in [0.717, 1.165) is 29.6 Å². The summed E-state index contributed by atoms with van der Waals surface area (Å²) in [5.74, 6) is 0.441. The van der Waals surface area contributed by atoms with Crippen molar-refractivity contribution in [3.63, 3.8) is 0 Å². The molecule has 128 valence electrons. The Morgan fingerprint density at radius 1 is 1.28 bits per heavy atom. The molecule has 0 bridgehead atoms. The van der Waals surface area contributed by atoms with Crippen LogP contribution in [0.3, 0.4) is 0 Å². The number of nitrogens with zero attached hydrogens (tertiary/aromatic N) is 2. The molecule has 0 unspecified atom stereocenters. The number of rotatable bonds is 3. The van der Waals surface area contributed by atoms with Crippen molar-refractivity contribution in [1.29, 1.82) is 0 Å². The van der Waals surface area contributed by atoms with Gasteiger partial charge in [0.15, 0.2) is 5.84 Å². The molecule has 1 aliphatic heterocycles. The van der Waals surface area contributed by atoms with Gasteiger partial charge in [0.05, 0.1) is 0 Å². The van der Waals surface area contributed by atoms with Gasteiger partial charge >= 0.3 is 6.03 Å². The van der Waals surface area contributed by atoms with Gasteiger partial charge in [-0.2, -0.15) is 9.39 Å². The standard InChI is InChI=1S/C19H18ClN3OS/c1-2-13-8-7-11-16(20)15(12-13)17-21-19(24)22-18(25-23-17)14-9-5-3-4-6-10-14/h3-6,8-9,11-12H,2,7,10H2,1H3,(H,21,23,24). The fraction of sp³-hybridized carbons (Fsp3) is 0.211. The van der Waals surface area contributed by atoms with E-state index < -0.39 is 6.03 Å². The number of amidine groups is 1. The average Bonchev–Trinajstić information content (AvgIpc) is 3.04. The summed E-state index contributed by atoms with van der Waals surface area (Å²) >= 11 is 7.60. The lowest BCUT2D eigenvalue weighted by Gasteiger charge is -2.08. The van der Waals surface area contributed by atoms with Crippen LogP contribution in [0, 0.1) is 0 Å². The number of amides is 2. The molecule has 4 nitrogen and oxygen atoms in total. The molecule has 3 rings (SSSR count). The van der Waals surface area contributed by atoms with Crippen LogP contribution in [0.25, 0.3) is 0 Å². The Morgan fingerprint density at radius 3 is 3.00 bits per heavy atom. The highest BCUT2D eigenvalue weighted by Crippen LogP contribution is 2.27. The summed E-state index contributed by atoms with van der Waals surface area (Å²) in [6.07, 6.45) is 18.2. The van der Waals surface area contributed by atoms with E-state index in [1.165, 1.54) is 11.9 Å². The Kier molecular flexibility index (Phi) is 5.89. The quantitative estimate of drug-likeness (QED) is 0.676. The number of hydrogen-bond donors (Lipinski definition) is 1. The predicted molar refractivity (Wildman–Crippen MR) is 107 cm³/mol. The first-order chi connectivity index (χ1) is 12.2. The lowest BCUT2D eigenvalue weighted by Crippen LogP contribution is -2.29. The number of nitrogens with one attached hydrogen (secondary N) is 1. The van der Waals surface area contributed by atoms with Crippen LogP contribution in [-0.4, -0.2) is 16.9 Å². The second kappa shape index (κ2) is 8.32. The second-order valence-electron chi connectivity index (χ2n) is 5.57. The largest absolute Gasteiger partial charge is 0.347 e. The lowest BCUT2D eigenvalue weighted by molar-refractivity contribution is 0.253. The summed E-state index contributed by atoms with van der Waals surface area (Å²) in [7, 11) is 0. The third kappa shape index (κ3) is 4.50. The molecule has 0 aromatic carbocycles. The van der Waals surface area contributed by atoms with Crippen molar-refractivity contribution >= 4 is 40.5 Å². The Hall–Kier alpha value is -2.11. The molecule has 0 saturated carbocycles. The topological polar surface area (TPSA) is 53.8 Å². The zero-order valence-electron chi connectivity index (χ0n) is 13.8. The van der Waals surface area contributed by atoms with Crippen molar-refractivity contribution in [1.82, 2.24) is 5.32 Å².